The van der Waals surface area contributed by atoms with E-state index in [1.54, 1.807) is 19.9 Å². The van der Waals surface area contributed by atoms with E-state index < -0.39 is 6.10 Å². The Morgan fingerprint density at radius 1 is 1.71 bits per heavy atom. The molecule has 1 N–H and O–H groups in total. The molecule has 1 rings (SSSR count). The number of halogens is 2. The Balaban J connectivity index is 2.90. The van der Waals surface area contributed by atoms with Crippen LogP contribution in [0.4, 0.5) is 0 Å². The Hall–Kier alpha value is -0.400. The first-order valence-electron chi connectivity index (χ1n) is 5.14. The number of aromatic nitrogens is 1. The molecular formula is C11H13ClINO3. The lowest BCUT2D eigenvalue weighted by atomic mass is 10.2. The van der Waals surface area contributed by atoms with Crippen LogP contribution in [-0.4, -0.2) is 22.5 Å². The molecule has 1 aromatic heterocycles. The van der Waals surface area contributed by atoms with Crippen LogP contribution in [0, 0.1) is 3.57 Å². The number of nitrogens with zero attached hydrogens (tertiary/aromatic N) is 1. The molecule has 1 atom stereocenters. The van der Waals surface area contributed by atoms with Gasteiger partial charge in [-0.25, -0.2) is 4.98 Å². The normalized spacial score (nSPS) is 12.3. The van der Waals surface area contributed by atoms with Gasteiger partial charge < -0.3 is 9.84 Å². The zero-order valence-electron chi connectivity index (χ0n) is 9.54. The summed E-state index contributed by atoms with van der Waals surface area (Å²) in [6.45, 7) is 3.37. The molecule has 0 amide bonds. The molecule has 0 radical (unpaired) electrons. The first-order chi connectivity index (χ1) is 7.95. The van der Waals surface area contributed by atoms with Gasteiger partial charge in [0.25, 0.3) is 0 Å². The highest BCUT2D eigenvalue weighted by Crippen LogP contribution is 2.30. The quantitative estimate of drug-likeness (QED) is 0.640. The van der Waals surface area contributed by atoms with E-state index in [-0.39, 0.29) is 17.5 Å². The third-order valence-corrected chi connectivity index (χ3v) is 3.16. The van der Waals surface area contributed by atoms with Crippen molar-refractivity contribution in [2.75, 3.05) is 6.61 Å². The van der Waals surface area contributed by atoms with Gasteiger partial charge in [0.2, 0.25) is 0 Å². The van der Waals surface area contributed by atoms with Crippen LogP contribution < -0.4 is 4.74 Å². The highest BCUT2D eigenvalue weighted by molar-refractivity contribution is 14.1. The number of rotatable bonds is 5. The molecule has 1 aromatic rings. The highest BCUT2D eigenvalue weighted by Gasteiger charge is 2.14. The zero-order chi connectivity index (χ0) is 13.0. The van der Waals surface area contributed by atoms with Crippen molar-refractivity contribution in [2.24, 2.45) is 0 Å². The van der Waals surface area contributed by atoms with E-state index in [2.05, 4.69) is 4.98 Å². The first-order valence-corrected chi connectivity index (χ1v) is 6.59. The lowest BCUT2D eigenvalue weighted by molar-refractivity contribution is -0.120. The minimum atomic E-state index is -0.688. The maximum atomic E-state index is 11.2. The van der Waals surface area contributed by atoms with Crippen molar-refractivity contribution in [1.29, 1.82) is 0 Å². The third kappa shape index (κ3) is 4.08. The number of Topliss-reactive ketones (excluding diaryl/α,β-unsaturated/α-hetero) is 1. The monoisotopic (exact) mass is 369 g/mol. The summed E-state index contributed by atoms with van der Waals surface area (Å²) in [4.78, 5) is 15.2. The fraction of sp³-hybridized carbons (Fsp3) is 0.455. The molecular weight excluding hydrogens is 356 g/mol. The average Bonchev–Trinajstić information content (AvgIpc) is 2.27. The van der Waals surface area contributed by atoms with Gasteiger partial charge in [-0.15, -0.1) is 0 Å². The fourth-order valence-electron chi connectivity index (χ4n) is 1.09. The van der Waals surface area contributed by atoms with Gasteiger partial charge in [-0.1, -0.05) is 18.5 Å². The van der Waals surface area contributed by atoms with E-state index in [0.717, 1.165) is 3.57 Å². The molecule has 0 aliphatic heterocycles. The van der Waals surface area contributed by atoms with Crippen LogP contribution in [0.15, 0.2) is 6.07 Å². The standard InChI is InChI=1S/C11H13ClINO3/c1-3-7(16)5-17-10-8(13)4-9(6(2)15)14-11(10)12/h4,6,15H,3,5H2,1-2H3. The lowest BCUT2D eigenvalue weighted by Gasteiger charge is -2.11. The van der Waals surface area contributed by atoms with Crippen LogP contribution in [0.25, 0.3) is 0 Å². The molecule has 0 saturated carbocycles. The molecule has 1 unspecified atom stereocenters. The Morgan fingerprint density at radius 2 is 2.35 bits per heavy atom. The molecule has 0 aromatic carbocycles. The van der Waals surface area contributed by atoms with Crippen LogP contribution in [0.5, 0.6) is 5.75 Å². The second-order valence-electron chi connectivity index (χ2n) is 3.51. The fourth-order valence-corrected chi connectivity index (χ4v) is 2.23. The van der Waals surface area contributed by atoms with Crippen molar-refractivity contribution in [1.82, 2.24) is 4.98 Å². The van der Waals surface area contributed by atoms with Crippen molar-refractivity contribution in [3.05, 3.63) is 20.5 Å². The average molecular weight is 370 g/mol. The largest absolute Gasteiger partial charge is 0.481 e. The summed E-state index contributed by atoms with van der Waals surface area (Å²) in [5, 5.41) is 9.56. The van der Waals surface area contributed by atoms with E-state index in [1.165, 1.54) is 0 Å². The summed E-state index contributed by atoms with van der Waals surface area (Å²) < 4.78 is 6.05. The Bertz CT molecular complexity index is 400. The van der Waals surface area contributed by atoms with Crippen LogP contribution in [0.3, 0.4) is 0 Å². The van der Waals surface area contributed by atoms with Gasteiger partial charge in [0, 0.05) is 6.42 Å². The lowest BCUT2D eigenvalue weighted by Crippen LogP contribution is -2.11. The number of carbonyl (C=O) groups is 1. The maximum Gasteiger partial charge on any atom is 0.172 e. The van der Waals surface area contributed by atoms with E-state index in [9.17, 15) is 9.90 Å². The second-order valence-corrected chi connectivity index (χ2v) is 5.03. The molecule has 6 heteroatoms. The molecule has 94 valence electrons. The maximum absolute atomic E-state index is 11.2. The van der Waals surface area contributed by atoms with Crippen LogP contribution in [-0.2, 0) is 4.79 Å². The topological polar surface area (TPSA) is 59.4 Å². The van der Waals surface area contributed by atoms with Gasteiger partial charge in [0.1, 0.15) is 6.61 Å². The number of ether oxygens (including phenoxy) is 1. The van der Waals surface area contributed by atoms with Crippen molar-refractivity contribution >= 4 is 40.0 Å². The summed E-state index contributed by atoms with van der Waals surface area (Å²) in [7, 11) is 0. The minimum Gasteiger partial charge on any atom is -0.481 e. The highest BCUT2D eigenvalue weighted by atomic mass is 127. The van der Waals surface area contributed by atoms with Crippen molar-refractivity contribution < 1.29 is 14.6 Å². The van der Waals surface area contributed by atoms with Crippen LogP contribution >= 0.6 is 34.2 Å². The number of aliphatic hydroxyl groups excluding tert-OH is 1. The second kappa shape index (κ2) is 6.51. The zero-order valence-corrected chi connectivity index (χ0v) is 12.4. The van der Waals surface area contributed by atoms with Gasteiger partial charge in [0.05, 0.1) is 15.4 Å². The van der Waals surface area contributed by atoms with Crippen LogP contribution in [0.1, 0.15) is 32.1 Å². The molecule has 17 heavy (non-hydrogen) atoms. The van der Waals surface area contributed by atoms with Crippen molar-refractivity contribution in [3.8, 4) is 5.75 Å². The number of ketones is 1. The summed E-state index contributed by atoms with van der Waals surface area (Å²) in [6, 6.07) is 1.68. The van der Waals surface area contributed by atoms with E-state index in [1.807, 2.05) is 22.6 Å². The third-order valence-electron chi connectivity index (χ3n) is 2.11. The van der Waals surface area contributed by atoms with E-state index in [4.69, 9.17) is 16.3 Å². The molecule has 0 saturated heterocycles. The van der Waals surface area contributed by atoms with Gasteiger partial charge in [-0.2, -0.15) is 0 Å². The molecule has 0 aliphatic carbocycles. The SMILES string of the molecule is CCC(=O)COc1c(I)cc(C(C)O)nc1Cl. The van der Waals surface area contributed by atoms with Gasteiger partial charge >= 0.3 is 0 Å². The van der Waals surface area contributed by atoms with Gasteiger partial charge in [-0.05, 0) is 35.6 Å². The summed E-state index contributed by atoms with van der Waals surface area (Å²) in [5.74, 6) is 0.384. The molecule has 0 spiro atoms. The predicted octanol–water partition coefficient (Wildman–Crippen LogP) is 2.75. The first kappa shape index (κ1) is 14.7. The Kier molecular flexibility index (Phi) is 5.61. The predicted molar refractivity (Wildman–Crippen MR) is 73.4 cm³/mol. The number of hydrogen-bond donors (Lipinski definition) is 1. The minimum absolute atomic E-state index is 0.00327. The van der Waals surface area contributed by atoms with E-state index in [0.29, 0.717) is 17.9 Å². The molecule has 0 aliphatic rings. The van der Waals surface area contributed by atoms with Crippen molar-refractivity contribution in [3.63, 3.8) is 0 Å². The Labute approximate surface area is 118 Å². The van der Waals surface area contributed by atoms with Crippen molar-refractivity contribution in [2.45, 2.75) is 26.4 Å². The summed E-state index contributed by atoms with van der Waals surface area (Å²) in [5.41, 5.74) is 0.480. The summed E-state index contributed by atoms with van der Waals surface area (Å²) >= 11 is 7.97. The molecule has 1 heterocycles. The smallest absolute Gasteiger partial charge is 0.172 e. The number of hydrogen-bond acceptors (Lipinski definition) is 4. The molecule has 0 fully saturated rings. The molecule has 4 nitrogen and oxygen atoms in total. The summed E-state index contributed by atoms with van der Waals surface area (Å²) in [6.07, 6.45) is -0.264. The van der Waals surface area contributed by atoms with Gasteiger partial charge in [-0.3, -0.25) is 4.79 Å². The van der Waals surface area contributed by atoms with E-state index >= 15 is 0 Å². The number of aliphatic hydroxyl groups is 1. The van der Waals surface area contributed by atoms with Gasteiger partial charge in [0.15, 0.2) is 16.7 Å². The Morgan fingerprint density at radius 3 is 2.82 bits per heavy atom. The molecule has 0 bridgehead atoms. The number of carbonyl (C=O) groups excluding carboxylic acids is 1. The van der Waals surface area contributed by atoms with Crippen LogP contribution in [0.2, 0.25) is 5.15 Å². The number of pyridine rings is 1.